The molecule has 1 amide bonds. The summed E-state index contributed by atoms with van der Waals surface area (Å²) in [6.07, 6.45) is -0.790. The first-order chi connectivity index (χ1) is 11.3. The Morgan fingerprint density at radius 2 is 1.79 bits per heavy atom. The van der Waals surface area contributed by atoms with Crippen molar-refractivity contribution in [1.29, 1.82) is 0 Å². The fourth-order valence-electron chi connectivity index (χ4n) is 1.95. The standard InChI is InChI=1S/C17H16Cl2N2O3/c1-9(22)11-4-3-5-13(6-11)24-10(2)17(23)21-12-7-14(18)16(20)15(19)8-12/h3-8,10H,20H2,1-2H3,(H,21,23). The van der Waals surface area contributed by atoms with Crippen molar-refractivity contribution < 1.29 is 14.3 Å². The summed E-state index contributed by atoms with van der Waals surface area (Å²) in [5.41, 5.74) is 6.83. The van der Waals surface area contributed by atoms with Crippen molar-refractivity contribution in [2.75, 3.05) is 11.1 Å². The van der Waals surface area contributed by atoms with Crippen LogP contribution in [0.15, 0.2) is 36.4 Å². The Hall–Kier alpha value is -2.24. The van der Waals surface area contributed by atoms with E-state index in [1.54, 1.807) is 31.2 Å². The molecule has 0 heterocycles. The number of ether oxygens (including phenoxy) is 1. The summed E-state index contributed by atoms with van der Waals surface area (Å²) in [5, 5.41) is 3.15. The zero-order valence-electron chi connectivity index (χ0n) is 13.1. The highest BCUT2D eigenvalue weighted by atomic mass is 35.5. The third-order valence-electron chi connectivity index (χ3n) is 3.27. The number of hydrogen-bond donors (Lipinski definition) is 2. The molecule has 0 aromatic heterocycles. The van der Waals surface area contributed by atoms with Gasteiger partial charge >= 0.3 is 0 Å². The molecule has 0 aliphatic rings. The number of hydrogen-bond acceptors (Lipinski definition) is 4. The molecule has 0 saturated carbocycles. The Bertz CT molecular complexity index is 770. The molecule has 1 unspecified atom stereocenters. The fraction of sp³-hybridized carbons (Fsp3) is 0.176. The Morgan fingerprint density at radius 1 is 1.17 bits per heavy atom. The van der Waals surface area contributed by atoms with E-state index in [1.165, 1.54) is 19.1 Å². The van der Waals surface area contributed by atoms with Crippen LogP contribution >= 0.6 is 23.2 Å². The highest BCUT2D eigenvalue weighted by molar-refractivity contribution is 6.39. The lowest BCUT2D eigenvalue weighted by molar-refractivity contribution is -0.122. The highest BCUT2D eigenvalue weighted by Crippen LogP contribution is 2.31. The summed E-state index contributed by atoms with van der Waals surface area (Å²) in [5.74, 6) is -0.0393. The fourth-order valence-corrected chi connectivity index (χ4v) is 2.43. The lowest BCUT2D eigenvalue weighted by atomic mass is 10.1. The van der Waals surface area contributed by atoms with Crippen LogP contribution in [-0.2, 0) is 4.79 Å². The number of halogens is 2. The van der Waals surface area contributed by atoms with Gasteiger partial charge in [0.25, 0.3) is 5.91 Å². The lowest BCUT2D eigenvalue weighted by Crippen LogP contribution is -2.30. The largest absolute Gasteiger partial charge is 0.481 e. The second-order valence-corrected chi connectivity index (χ2v) is 6.00. The average Bonchev–Trinajstić information content (AvgIpc) is 2.52. The average molecular weight is 367 g/mol. The number of nitrogens with one attached hydrogen (secondary N) is 1. The first-order valence-corrected chi connectivity index (χ1v) is 7.86. The van der Waals surface area contributed by atoms with Gasteiger partial charge in [-0.25, -0.2) is 0 Å². The molecular weight excluding hydrogens is 351 g/mol. The second kappa shape index (κ2) is 7.55. The topological polar surface area (TPSA) is 81.4 Å². The second-order valence-electron chi connectivity index (χ2n) is 5.19. The van der Waals surface area contributed by atoms with Gasteiger partial charge in [-0.3, -0.25) is 9.59 Å². The minimum Gasteiger partial charge on any atom is -0.481 e. The molecule has 0 aliphatic carbocycles. The molecular formula is C17H16Cl2N2O3. The van der Waals surface area contributed by atoms with Crippen LogP contribution in [0.5, 0.6) is 5.75 Å². The van der Waals surface area contributed by atoms with Crippen LogP contribution in [0.1, 0.15) is 24.2 Å². The van der Waals surface area contributed by atoms with Gasteiger partial charge in [0.05, 0.1) is 15.7 Å². The molecule has 7 heteroatoms. The Balaban J connectivity index is 2.07. The van der Waals surface area contributed by atoms with Gasteiger partial charge in [0.2, 0.25) is 0 Å². The number of carbonyl (C=O) groups is 2. The quantitative estimate of drug-likeness (QED) is 0.614. The lowest BCUT2D eigenvalue weighted by Gasteiger charge is -2.16. The Morgan fingerprint density at radius 3 is 2.38 bits per heavy atom. The third kappa shape index (κ3) is 4.40. The van der Waals surface area contributed by atoms with E-state index in [4.69, 9.17) is 33.7 Å². The van der Waals surface area contributed by atoms with Crippen LogP contribution in [-0.4, -0.2) is 17.8 Å². The number of carbonyl (C=O) groups excluding carboxylic acids is 2. The molecule has 0 saturated heterocycles. The SMILES string of the molecule is CC(=O)c1cccc(OC(C)C(=O)Nc2cc(Cl)c(N)c(Cl)c2)c1. The van der Waals surface area contributed by atoms with Crippen LogP contribution < -0.4 is 15.8 Å². The molecule has 126 valence electrons. The maximum absolute atomic E-state index is 12.2. The summed E-state index contributed by atoms with van der Waals surface area (Å²) >= 11 is 11.9. The van der Waals surface area contributed by atoms with Crippen LogP contribution in [0.4, 0.5) is 11.4 Å². The van der Waals surface area contributed by atoms with Crippen LogP contribution in [0, 0.1) is 0 Å². The number of nitrogen functional groups attached to an aromatic ring is 1. The van der Waals surface area contributed by atoms with Crippen molar-refractivity contribution in [2.24, 2.45) is 0 Å². The minimum absolute atomic E-state index is 0.0799. The van der Waals surface area contributed by atoms with Gasteiger partial charge in [-0.2, -0.15) is 0 Å². The third-order valence-corrected chi connectivity index (χ3v) is 3.89. The van der Waals surface area contributed by atoms with E-state index >= 15 is 0 Å². The van der Waals surface area contributed by atoms with Gasteiger partial charge < -0.3 is 15.8 Å². The molecule has 24 heavy (non-hydrogen) atoms. The van der Waals surface area contributed by atoms with E-state index in [-0.39, 0.29) is 27.4 Å². The number of benzene rings is 2. The molecule has 0 bridgehead atoms. The van der Waals surface area contributed by atoms with Crippen molar-refractivity contribution in [3.63, 3.8) is 0 Å². The first kappa shape index (κ1) is 18.1. The molecule has 0 aliphatic heterocycles. The van der Waals surface area contributed by atoms with E-state index in [9.17, 15) is 9.59 Å². The molecule has 2 aromatic rings. The van der Waals surface area contributed by atoms with E-state index in [0.717, 1.165) is 0 Å². The smallest absolute Gasteiger partial charge is 0.265 e. The van der Waals surface area contributed by atoms with Gasteiger partial charge in [-0.1, -0.05) is 35.3 Å². The Kier molecular flexibility index (Phi) is 5.70. The van der Waals surface area contributed by atoms with Gasteiger partial charge in [0.15, 0.2) is 11.9 Å². The van der Waals surface area contributed by atoms with E-state index in [0.29, 0.717) is 17.0 Å². The first-order valence-electron chi connectivity index (χ1n) is 7.11. The summed E-state index contributed by atoms with van der Waals surface area (Å²) in [6.45, 7) is 3.06. The van der Waals surface area contributed by atoms with E-state index in [1.807, 2.05) is 0 Å². The predicted molar refractivity (Wildman–Crippen MR) is 96.0 cm³/mol. The van der Waals surface area contributed by atoms with E-state index in [2.05, 4.69) is 5.32 Å². The highest BCUT2D eigenvalue weighted by Gasteiger charge is 2.16. The van der Waals surface area contributed by atoms with Crippen molar-refractivity contribution in [1.82, 2.24) is 0 Å². The molecule has 0 fully saturated rings. The zero-order valence-corrected chi connectivity index (χ0v) is 14.6. The zero-order chi connectivity index (χ0) is 17.9. The normalized spacial score (nSPS) is 11.7. The molecule has 2 rings (SSSR count). The van der Waals surface area contributed by atoms with Gasteiger partial charge in [0, 0.05) is 11.3 Å². The molecule has 5 nitrogen and oxygen atoms in total. The molecule has 0 spiro atoms. The van der Waals surface area contributed by atoms with Crippen LogP contribution in [0.3, 0.4) is 0 Å². The van der Waals surface area contributed by atoms with Gasteiger partial charge in [-0.15, -0.1) is 0 Å². The summed E-state index contributed by atoms with van der Waals surface area (Å²) in [4.78, 5) is 23.6. The number of rotatable bonds is 5. The Labute approximate surface area is 149 Å². The number of anilines is 2. The van der Waals surface area contributed by atoms with E-state index < -0.39 is 6.10 Å². The maximum atomic E-state index is 12.2. The van der Waals surface area contributed by atoms with Crippen LogP contribution in [0.25, 0.3) is 0 Å². The summed E-state index contributed by atoms with van der Waals surface area (Å²) in [6, 6.07) is 9.64. The van der Waals surface area contributed by atoms with Crippen molar-refractivity contribution in [3.05, 3.63) is 52.0 Å². The maximum Gasteiger partial charge on any atom is 0.265 e. The van der Waals surface area contributed by atoms with Crippen LogP contribution in [0.2, 0.25) is 10.0 Å². The van der Waals surface area contributed by atoms with Gasteiger partial charge in [-0.05, 0) is 38.1 Å². The molecule has 2 aromatic carbocycles. The summed E-state index contributed by atoms with van der Waals surface area (Å²) < 4.78 is 5.57. The predicted octanol–water partition coefficient (Wildman–Crippen LogP) is 4.18. The van der Waals surface area contributed by atoms with Crippen molar-refractivity contribution in [3.8, 4) is 5.75 Å². The number of Topliss-reactive ketones (excluding diaryl/α,β-unsaturated/α-hetero) is 1. The molecule has 0 radical (unpaired) electrons. The monoisotopic (exact) mass is 366 g/mol. The van der Waals surface area contributed by atoms with Gasteiger partial charge in [0.1, 0.15) is 5.75 Å². The van der Waals surface area contributed by atoms with Crippen molar-refractivity contribution in [2.45, 2.75) is 20.0 Å². The molecule has 1 atom stereocenters. The number of nitrogens with two attached hydrogens (primary N) is 1. The number of ketones is 1. The molecule has 3 N–H and O–H groups in total. The summed E-state index contributed by atoms with van der Waals surface area (Å²) in [7, 11) is 0. The minimum atomic E-state index is -0.790. The number of amides is 1. The van der Waals surface area contributed by atoms with Crippen molar-refractivity contribution >= 4 is 46.3 Å².